The van der Waals surface area contributed by atoms with Gasteiger partial charge in [0.15, 0.2) is 6.61 Å². The van der Waals surface area contributed by atoms with E-state index in [2.05, 4.69) is 12.2 Å². The highest BCUT2D eigenvalue weighted by Crippen LogP contribution is 2.40. The van der Waals surface area contributed by atoms with Gasteiger partial charge in [0.25, 0.3) is 17.7 Å². The van der Waals surface area contributed by atoms with Crippen LogP contribution < -0.4 is 5.32 Å². The maximum absolute atomic E-state index is 12.6. The van der Waals surface area contributed by atoms with Crippen molar-refractivity contribution in [1.29, 1.82) is 0 Å². The van der Waals surface area contributed by atoms with E-state index in [0.29, 0.717) is 16.5 Å². The molecule has 0 bridgehead atoms. The number of esters is 2. The molecule has 2 atom stereocenters. The van der Waals surface area contributed by atoms with E-state index in [0.717, 1.165) is 34.6 Å². The molecule has 4 rings (SSSR count). The van der Waals surface area contributed by atoms with Crippen molar-refractivity contribution < 1.29 is 33.4 Å². The van der Waals surface area contributed by atoms with Crippen molar-refractivity contribution in [3.63, 3.8) is 0 Å². The summed E-state index contributed by atoms with van der Waals surface area (Å²) in [4.78, 5) is 64.8. The number of nitrogens with zero attached hydrogens (tertiary/aromatic N) is 1. The Kier molecular flexibility index (Phi) is 7.02. The number of carbonyl (C=O) groups is 5. The quantitative estimate of drug-likeness (QED) is 0.460. The summed E-state index contributed by atoms with van der Waals surface area (Å²) in [5.41, 5.74) is 1.70. The number of imide groups is 1. The smallest absolute Gasteiger partial charge is 0.341 e. The lowest BCUT2D eigenvalue weighted by atomic mass is 9.88. The van der Waals surface area contributed by atoms with Gasteiger partial charge < -0.3 is 14.8 Å². The first-order valence-electron chi connectivity index (χ1n) is 11.5. The number of benzene rings is 1. The fraction of sp³-hybridized carbons (Fsp3) is 0.400. The summed E-state index contributed by atoms with van der Waals surface area (Å²) in [6.45, 7) is 4.80. The lowest BCUT2D eigenvalue weighted by Crippen LogP contribution is -2.44. The van der Waals surface area contributed by atoms with Crippen LogP contribution in [-0.4, -0.2) is 53.8 Å². The summed E-state index contributed by atoms with van der Waals surface area (Å²) in [5.74, 6) is -2.71. The van der Waals surface area contributed by atoms with Crippen LogP contribution in [0.4, 0.5) is 5.00 Å². The Morgan fingerprint density at radius 3 is 2.43 bits per heavy atom. The van der Waals surface area contributed by atoms with Crippen LogP contribution in [-0.2, 0) is 31.9 Å². The van der Waals surface area contributed by atoms with Crippen molar-refractivity contribution >= 4 is 46.0 Å². The van der Waals surface area contributed by atoms with Gasteiger partial charge in [-0.2, -0.15) is 0 Å². The number of anilines is 1. The Balaban J connectivity index is 1.42. The third-order valence-corrected chi connectivity index (χ3v) is 7.31. The van der Waals surface area contributed by atoms with Crippen molar-refractivity contribution in [3.05, 3.63) is 51.4 Å². The minimum atomic E-state index is -1.21. The molecule has 0 saturated carbocycles. The van der Waals surface area contributed by atoms with Crippen molar-refractivity contribution in [2.45, 2.75) is 46.1 Å². The standard InChI is InChI=1S/C25H26N2O7S/c1-4-33-25(32)20-17-10-9-13(2)11-18(17)35-21(20)26-19(28)12-34-24(31)14(3)27-22(29)15-7-5-6-8-16(15)23(27)30/h5-8,13-14H,4,9-12H2,1-3H3,(H,26,28)/t13-,14-/m0/s1. The minimum absolute atomic E-state index is 0.209. The van der Waals surface area contributed by atoms with Gasteiger partial charge in [-0.25, -0.2) is 9.59 Å². The van der Waals surface area contributed by atoms with Crippen LogP contribution in [0.15, 0.2) is 24.3 Å². The normalized spacial score (nSPS) is 17.5. The second-order valence-electron chi connectivity index (χ2n) is 8.63. The number of hydrogen-bond donors (Lipinski definition) is 1. The van der Waals surface area contributed by atoms with E-state index < -0.39 is 42.3 Å². The predicted molar refractivity (Wildman–Crippen MR) is 127 cm³/mol. The second-order valence-corrected chi connectivity index (χ2v) is 9.74. The zero-order chi connectivity index (χ0) is 25.3. The molecule has 0 fully saturated rings. The number of hydrogen-bond acceptors (Lipinski definition) is 8. The van der Waals surface area contributed by atoms with Crippen molar-refractivity contribution in [2.24, 2.45) is 5.92 Å². The Morgan fingerprint density at radius 1 is 1.14 bits per heavy atom. The van der Waals surface area contributed by atoms with Gasteiger partial charge in [0, 0.05) is 4.88 Å². The first kappa shape index (κ1) is 24.6. The molecule has 1 N–H and O–H groups in total. The number of carbonyl (C=O) groups excluding carboxylic acids is 5. The Bertz CT molecular complexity index is 1180. The van der Waals surface area contributed by atoms with Crippen LogP contribution in [0.2, 0.25) is 0 Å². The van der Waals surface area contributed by atoms with Gasteiger partial charge in [-0.3, -0.25) is 19.3 Å². The van der Waals surface area contributed by atoms with E-state index in [1.54, 1.807) is 19.1 Å². The highest BCUT2D eigenvalue weighted by atomic mass is 32.1. The molecule has 2 aliphatic rings. The molecule has 2 heterocycles. The van der Waals surface area contributed by atoms with Crippen LogP contribution in [0, 0.1) is 5.92 Å². The lowest BCUT2D eigenvalue weighted by Gasteiger charge is -2.20. The molecular weight excluding hydrogens is 472 g/mol. The Morgan fingerprint density at radius 2 is 1.80 bits per heavy atom. The molecule has 0 saturated heterocycles. The van der Waals surface area contributed by atoms with Gasteiger partial charge in [-0.15, -0.1) is 11.3 Å². The van der Waals surface area contributed by atoms with Crippen LogP contribution in [0.1, 0.15) is 68.7 Å². The summed E-state index contributed by atoms with van der Waals surface area (Å²) in [7, 11) is 0. The highest BCUT2D eigenvalue weighted by molar-refractivity contribution is 7.17. The molecule has 1 aromatic heterocycles. The van der Waals surface area contributed by atoms with Gasteiger partial charge in [0.1, 0.15) is 11.0 Å². The molecule has 0 spiro atoms. The monoisotopic (exact) mass is 498 g/mol. The van der Waals surface area contributed by atoms with E-state index in [4.69, 9.17) is 9.47 Å². The van der Waals surface area contributed by atoms with Crippen molar-refractivity contribution in [1.82, 2.24) is 4.90 Å². The number of ether oxygens (including phenoxy) is 2. The van der Waals surface area contributed by atoms with E-state index in [9.17, 15) is 24.0 Å². The summed E-state index contributed by atoms with van der Waals surface area (Å²) in [6, 6.07) is 5.09. The molecule has 10 heteroatoms. The average Bonchev–Trinajstić information content (AvgIpc) is 3.31. The molecule has 2 aromatic rings. The van der Waals surface area contributed by atoms with Gasteiger partial charge >= 0.3 is 11.9 Å². The SMILES string of the molecule is CCOC(=O)c1c(NC(=O)COC(=O)[C@H](C)N2C(=O)c3ccccc3C2=O)sc2c1CC[C@H](C)C2. The van der Waals surface area contributed by atoms with Crippen LogP contribution in [0.25, 0.3) is 0 Å². The second kappa shape index (κ2) is 9.99. The molecule has 184 valence electrons. The van der Waals surface area contributed by atoms with Crippen LogP contribution in [0.3, 0.4) is 0 Å². The summed E-state index contributed by atoms with van der Waals surface area (Å²) < 4.78 is 10.3. The average molecular weight is 499 g/mol. The predicted octanol–water partition coefficient (Wildman–Crippen LogP) is 3.22. The Labute approximate surface area is 206 Å². The first-order valence-corrected chi connectivity index (χ1v) is 12.3. The summed E-state index contributed by atoms with van der Waals surface area (Å²) in [5, 5.41) is 3.04. The van der Waals surface area contributed by atoms with Gasteiger partial charge in [0.05, 0.1) is 23.3 Å². The fourth-order valence-electron chi connectivity index (χ4n) is 4.34. The maximum atomic E-state index is 12.6. The zero-order valence-corrected chi connectivity index (χ0v) is 20.5. The van der Waals surface area contributed by atoms with Crippen molar-refractivity contribution in [3.8, 4) is 0 Å². The van der Waals surface area contributed by atoms with E-state index in [1.165, 1.54) is 30.4 Å². The van der Waals surface area contributed by atoms with Gasteiger partial charge in [-0.1, -0.05) is 19.1 Å². The van der Waals surface area contributed by atoms with Gasteiger partial charge in [0.2, 0.25) is 0 Å². The molecular formula is C25H26N2O7S. The molecule has 1 aliphatic heterocycles. The number of thiophene rings is 1. The van der Waals surface area contributed by atoms with E-state index in [-0.39, 0.29) is 17.7 Å². The molecule has 0 unspecified atom stereocenters. The van der Waals surface area contributed by atoms with Crippen molar-refractivity contribution in [2.75, 3.05) is 18.5 Å². The number of nitrogens with one attached hydrogen (secondary N) is 1. The third kappa shape index (κ3) is 4.70. The van der Waals surface area contributed by atoms with E-state index in [1.807, 2.05) is 0 Å². The molecule has 35 heavy (non-hydrogen) atoms. The first-order chi connectivity index (χ1) is 16.7. The lowest BCUT2D eigenvalue weighted by molar-refractivity contribution is -0.150. The van der Waals surface area contributed by atoms with Crippen LogP contribution >= 0.6 is 11.3 Å². The molecule has 9 nitrogen and oxygen atoms in total. The third-order valence-electron chi connectivity index (χ3n) is 6.14. The topological polar surface area (TPSA) is 119 Å². The Hall–Kier alpha value is -3.53. The summed E-state index contributed by atoms with van der Waals surface area (Å²) in [6.07, 6.45) is 2.48. The molecule has 3 amide bonds. The number of amides is 3. The fourth-order valence-corrected chi connectivity index (χ4v) is 5.76. The minimum Gasteiger partial charge on any atom is -0.462 e. The summed E-state index contributed by atoms with van der Waals surface area (Å²) >= 11 is 1.33. The maximum Gasteiger partial charge on any atom is 0.341 e. The molecule has 0 radical (unpaired) electrons. The van der Waals surface area contributed by atoms with E-state index >= 15 is 0 Å². The number of fused-ring (bicyclic) bond motifs is 2. The zero-order valence-electron chi connectivity index (χ0n) is 19.7. The van der Waals surface area contributed by atoms with Gasteiger partial charge in [-0.05, 0) is 56.7 Å². The largest absolute Gasteiger partial charge is 0.462 e. The molecule has 1 aromatic carbocycles. The van der Waals surface area contributed by atoms with Crippen LogP contribution in [0.5, 0.6) is 0 Å². The number of rotatable bonds is 7. The highest BCUT2D eigenvalue weighted by Gasteiger charge is 2.41. The molecule has 1 aliphatic carbocycles.